The third-order valence-corrected chi connectivity index (χ3v) is 10.0. The van der Waals surface area contributed by atoms with Gasteiger partial charge in [0.25, 0.3) is 0 Å². The Balaban J connectivity index is 2.01. The van der Waals surface area contributed by atoms with Crippen LogP contribution in [0.3, 0.4) is 0 Å². The van der Waals surface area contributed by atoms with Gasteiger partial charge in [-0.1, -0.05) is 69.3 Å². The average Bonchev–Trinajstić information content (AvgIpc) is 2.72. The second kappa shape index (κ2) is 10.9. The van der Waals surface area contributed by atoms with Crippen molar-refractivity contribution in [3.8, 4) is 0 Å². The van der Waals surface area contributed by atoms with Crippen LogP contribution in [-0.4, -0.2) is 44.8 Å². The summed E-state index contributed by atoms with van der Waals surface area (Å²) in [5.74, 6) is -0.443. The van der Waals surface area contributed by atoms with Crippen molar-refractivity contribution in [1.29, 1.82) is 0 Å². The van der Waals surface area contributed by atoms with E-state index in [4.69, 9.17) is 13.9 Å². The maximum atomic E-state index is 12.3. The van der Waals surface area contributed by atoms with E-state index in [9.17, 15) is 9.90 Å². The Hall–Kier alpha value is -1.99. The van der Waals surface area contributed by atoms with E-state index >= 15 is 0 Å². The molecule has 0 aromatic heterocycles. The lowest BCUT2D eigenvalue weighted by atomic mass is 10.2. The van der Waals surface area contributed by atoms with Crippen LogP contribution in [-0.2, 0) is 20.5 Å². The molecule has 164 valence electrons. The van der Waals surface area contributed by atoms with Crippen molar-refractivity contribution in [3.05, 3.63) is 71.8 Å². The number of hydrogen-bond donors (Lipinski definition) is 1. The second-order valence-corrected chi connectivity index (χ2v) is 13.7. The van der Waals surface area contributed by atoms with Gasteiger partial charge in [0.05, 0.1) is 18.8 Å². The summed E-state index contributed by atoms with van der Waals surface area (Å²) in [4.78, 5) is 12.3. The summed E-state index contributed by atoms with van der Waals surface area (Å²) in [5, 5.41) is 10.8. The zero-order valence-electron chi connectivity index (χ0n) is 18.6. The van der Waals surface area contributed by atoms with Crippen LogP contribution in [0, 0.1) is 0 Å². The topological polar surface area (TPSA) is 65.0 Å². The lowest BCUT2D eigenvalue weighted by Gasteiger charge is -2.37. The monoisotopic (exact) mass is 430 g/mol. The Labute approximate surface area is 181 Å². The molecule has 2 aromatic rings. The quantitative estimate of drug-likeness (QED) is 0.433. The number of aliphatic hydroxyl groups is 1. The minimum atomic E-state index is -2.02. The highest BCUT2D eigenvalue weighted by atomic mass is 28.4. The van der Waals surface area contributed by atoms with Crippen LogP contribution in [0.2, 0.25) is 18.1 Å². The minimum absolute atomic E-state index is 0.0346. The number of rotatable bonds is 10. The Morgan fingerprint density at radius 2 is 1.53 bits per heavy atom. The fourth-order valence-electron chi connectivity index (χ4n) is 2.48. The predicted molar refractivity (Wildman–Crippen MR) is 121 cm³/mol. The van der Waals surface area contributed by atoms with Gasteiger partial charge in [-0.15, -0.1) is 0 Å². The van der Waals surface area contributed by atoms with Gasteiger partial charge in [-0.25, -0.2) is 4.79 Å². The summed E-state index contributed by atoms with van der Waals surface area (Å²) in [5.41, 5.74) is 1.45. The molecule has 1 N–H and O–H groups in total. The molecule has 0 spiro atoms. The van der Waals surface area contributed by atoms with Gasteiger partial charge in [-0.05, 0) is 35.8 Å². The number of hydrogen-bond acceptors (Lipinski definition) is 5. The lowest BCUT2D eigenvalue weighted by Crippen LogP contribution is -2.45. The van der Waals surface area contributed by atoms with Gasteiger partial charge < -0.3 is 19.0 Å². The van der Waals surface area contributed by atoms with E-state index in [1.54, 1.807) is 24.3 Å². The number of benzene rings is 2. The van der Waals surface area contributed by atoms with Crippen LogP contribution in [0.1, 0.15) is 36.7 Å². The summed E-state index contributed by atoms with van der Waals surface area (Å²) in [7, 11) is -2.02. The number of ether oxygens (including phenoxy) is 2. The third kappa shape index (κ3) is 7.36. The zero-order valence-corrected chi connectivity index (χ0v) is 19.6. The molecule has 0 aliphatic carbocycles. The summed E-state index contributed by atoms with van der Waals surface area (Å²) in [6, 6.07) is 18.5. The number of esters is 1. The van der Waals surface area contributed by atoms with E-state index in [1.807, 2.05) is 36.4 Å². The molecule has 6 heteroatoms. The van der Waals surface area contributed by atoms with E-state index in [0.29, 0.717) is 12.2 Å². The van der Waals surface area contributed by atoms with Gasteiger partial charge in [0, 0.05) is 0 Å². The Kier molecular flexibility index (Phi) is 8.79. The molecule has 0 amide bonds. The summed E-state index contributed by atoms with van der Waals surface area (Å²) >= 11 is 0. The molecule has 0 heterocycles. The SMILES string of the molecule is CC(C)(C)[Si](C)(C)OC[C@H](O)[C@H](COC(=O)c1ccccc1)OCc1ccccc1. The van der Waals surface area contributed by atoms with Gasteiger partial charge in [-0.2, -0.15) is 0 Å². The molecule has 0 aliphatic heterocycles. The fraction of sp³-hybridized carbons (Fsp3) is 0.458. The first-order valence-corrected chi connectivity index (χ1v) is 13.2. The van der Waals surface area contributed by atoms with Gasteiger partial charge >= 0.3 is 5.97 Å². The van der Waals surface area contributed by atoms with Crippen molar-refractivity contribution in [2.45, 2.75) is 57.7 Å². The Bertz CT molecular complexity index is 771. The van der Waals surface area contributed by atoms with Crippen LogP contribution in [0.15, 0.2) is 60.7 Å². The highest BCUT2D eigenvalue weighted by molar-refractivity contribution is 6.74. The summed E-state index contributed by atoms with van der Waals surface area (Å²) < 4.78 is 17.5. The van der Waals surface area contributed by atoms with Crippen LogP contribution in [0.5, 0.6) is 0 Å². The smallest absolute Gasteiger partial charge is 0.338 e. The predicted octanol–water partition coefficient (Wildman–Crippen LogP) is 4.81. The maximum absolute atomic E-state index is 12.3. The third-order valence-electron chi connectivity index (χ3n) is 5.55. The first-order valence-electron chi connectivity index (χ1n) is 10.3. The van der Waals surface area contributed by atoms with E-state index in [1.165, 1.54) is 0 Å². The van der Waals surface area contributed by atoms with Crippen molar-refractivity contribution >= 4 is 14.3 Å². The van der Waals surface area contributed by atoms with Crippen molar-refractivity contribution in [1.82, 2.24) is 0 Å². The number of carbonyl (C=O) groups is 1. The molecule has 2 aromatic carbocycles. The summed E-state index contributed by atoms with van der Waals surface area (Å²) in [6.45, 7) is 11.1. The minimum Gasteiger partial charge on any atom is -0.459 e. The second-order valence-electron chi connectivity index (χ2n) is 8.94. The van der Waals surface area contributed by atoms with Crippen LogP contribution >= 0.6 is 0 Å². The molecule has 0 fully saturated rings. The summed E-state index contributed by atoms with van der Waals surface area (Å²) in [6.07, 6.45) is -1.60. The lowest BCUT2D eigenvalue weighted by molar-refractivity contribution is -0.0880. The van der Waals surface area contributed by atoms with Gasteiger partial charge in [-0.3, -0.25) is 0 Å². The van der Waals surface area contributed by atoms with Crippen molar-refractivity contribution < 1.29 is 23.8 Å². The normalized spacial score (nSPS) is 14.2. The largest absolute Gasteiger partial charge is 0.459 e. The van der Waals surface area contributed by atoms with Crippen LogP contribution in [0.4, 0.5) is 0 Å². The average molecular weight is 431 g/mol. The van der Waals surface area contributed by atoms with Crippen molar-refractivity contribution in [2.24, 2.45) is 0 Å². The van der Waals surface area contributed by atoms with E-state index in [0.717, 1.165) is 5.56 Å². The van der Waals surface area contributed by atoms with Crippen LogP contribution < -0.4 is 0 Å². The van der Waals surface area contributed by atoms with Crippen molar-refractivity contribution in [3.63, 3.8) is 0 Å². The van der Waals surface area contributed by atoms with Gasteiger partial charge in [0.1, 0.15) is 18.8 Å². The Morgan fingerprint density at radius 1 is 0.967 bits per heavy atom. The van der Waals surface area contributed by atoms with E-state index in [-0.39, 0.29) is 18.3 Å². The molecule has 0 unspecified atom stereocenters. The molecule has 30 heavy (non-hydrogen) atoms. The molecule has 0 saturated heterocycles. The highest BCUT2D eigenvalue weighted by Gasteiger charge is 2.38. The van der Waals surface area contributed by atoms with E-state index in [2.05, 4.69) is 33.9 Å². The van der Waals surface area contributed by atoms with Crippen molar-refractivity contribution in [2.75, 3.05) is 13.2 Å². The van der Waals surface area contributed by atoms with Crippen LogP contribution in [0.25, 0.3) is 0 Å². The molecule has 0 saturated carbocycles. The van der Waals surface area contributed by atoms with E-state index < -0.39 is 26.5 Å². The molecular weight excluding hydrogens is 396 g/mol. The zero-order chi connectivity index (χ0) is 22.2. The molecule has 0 bridgehead atoms. The van der Waals surface area contributed by atoms with Gasteiger partial charge in [0.2, 0.25) is 0 Å². The molecular formula is C24H34O5Si. The fourth-order valence-corrected chi connectivity index (χ4v) is 3.50. The standard InChI is InChI=1S/C24H34O5Si/c1-24(2,3)30(4,5)29-17-21(25)22(27-16-19-12-8-6-9-13-19)18-28-23(26)20-14-10-7-11-15-20/h6-15,21-22,25H,16-18H2,1-5H3/t21-,22-/m0/s1. The molecule has 2 rings (SSSR count). The molecule has 0 aliphatic rings. The molecule has 0 radical (unpaired) electrons. The molecule has 5 nitrogen and oxygen atoms in total. The van der Waals surface area contributed by atoms with Gasteiger partial charge in [0.15, 0.2) is 8.32 Å². The first kappa shape index (κ1) is 24.3. The number of carbonyl (C=O) groups excluding carboxylic acids is 1. The maximum Gasteiger partial charge on any atom is 0.338 e. The highest BCUT2D eigenvalue weighted by Crippen LogP contribution is 2.36. The number of aliphatic hydroxyl groups excluding tert-OH is 1. The Morgan fingerprint density at radius 3 is 2.10 bits per heavy atom. The molecule has 2 atom stereocenters. The first-order chi connectivity index (χ1) is 14.1.